The first kappa shape index (κ1) is 34.7. The van der Waals surface area contributed by atoms with Gasteiger partial charge < -0.3 is 24.7 Å². The van der Waals surface area contributed by atoms with Crippen molar-refractivity contribution in [2.24, 2.45) is 11.8 Å². The Kier molecular flexibility index (Phi) is 8.68. The molecule has 270 valence electrons. The zero-order chi connectivity index (χ0) is 37.1. The van der Waals surface area contributed by atoms with E-state index in [2.05, 4.69) is 0 Å². The van der Waals surface area contributed by atoms with Crippen molar-refractivity contribution in [1.82, 2.24) is 4.90 Å². The lowest BCUT2D eigenvalue weighted by atomic mass is 9.71. The first-order valence-electron chi connectivity index (χ1n) is 18.2. The number of hydrogen-bond acceptors (Lipinski definition) is 6. The summed E-state index contributed by atoms with van der Waals surface area (Å²) >= 11 is 0. The number of anilines is 3. The van der Waals surface area contributed by atoms with Gasteiger partial charge in [0.15, 0.2) is 5.60 Å². The minimum atomic E-state index is -1.42. The average molecular weight is 710 g/mol. The topological polar surface area (TPSA) is 111 Å². The Bertz CT molecular complexity index is 2210. The summed E-state index contributed by atoms with van der Waals surface area (Å²) < 4.78 is 6.87. The number of hydrogen-bond donors (Lipinski definition) is 2. The third-order valence-corrected chi connectivity index (χ3v) is 11.3. The summed E-state index contributed by atoms with van der Waals surface area (Å²) in [6, 6.07) is 36.6. The Hall–Kier alpha value is -5.35. The van der Waals surface area contributed by atoms with E-state index < -0.39 is 29.1 Å². The van der Waals surface area contributed by atoms with E-state index in [0.29, 0.717) is 17.7 Å². The molecule has 1 saturated heterocycles. The van der Waals surface area contributed by atoms with Crippen molar-refractivity contribution >= 4 is 45.6 Å². The number of carbonyl (C=O) groups excluding carboxylic acids is 3. The van der Waals surface area contributed by atoms with Crippen LogP contribution < -0.4 is 9.80 Å². The lowest BCUT2D eigenvalue weighted by Gasteiger charge is -2.34. The second-order valence-electron chi connectivity index (χ2n) is 15.0. The molecule has 8 rings (SSSR count). The molecule has 3 amide bonds. The van der Waals surface area contributed by atoms with Crippen LogP contribution in [0, 0.1) is 11.8 Å². The predicted molar refractivity (Wildman–Crippen MR) is 204 cm³/mol. The van der Waals surface area contributed by atoms with Crippen molar-refractivity contribution in [3.8, 4) is 0 Å². The molecule has 1 spiro atoms. The van der Waals surface area contributed by atoms with E-state index >= 15 is 0 Å². The van der Waals surface area contributed by atoms with Gasteiger partial charge in [-0.25, -0.2) is 0 Å². The molecule has 0 aliphatic carbocycles. The van der Waals surface area contributed by atoms with Crippen molar-refractivity contribution in [1.29, 1.82) is 0 Å². The number of para-hydroxylation sites is 1. The summed E-state index contributed by atoms with van der Waals surface area (Å²) in [6.45, 7) is 5.88. The minimum absolute atomic E-state index is 0.0582. The van der Waals surface area contributed by atoms with Gasteiger partial charge in [0.05, 0.1) is 48.2 Å². The number of fused-ring (bicyclic) bond motifs is 2. The zero-order valence-electron chi connectivity index (χ0n) is 30.1. The largest absolute Gasteiger partial charge is 0.395 e. The number of benzene rings is 5. The third-order valence-electron chi connectivity index (χ3n) is 11.3. The van der Waals surface area contributed by atoms with Gasteiger partial charge in [0.25, 0.3) is 11.8 Å². The second-order valence-corrected chi connectivity index (χ2v) is 15.0. The third kappa shape index (κ3) is 5.71. The maximum Gasteiger partial charge on any atom is 0.264 e. The summed E-state index contributed by atoms with van der Waals surface area (Å²) in [7, 11) is 0. The molecule has 9 heteroatoms. The Morgan fingerprint density at radius 3 is 2.25 bits per heavy atom. The van der Waals surface area contributed by atoms with Crippen LogP contribution >= 0.6 is 0 Å². The van der Waals surface area contributed by atoms with Crippen LogP contribution in [0.25, 0.3) is 10.8 Å². The Balaban J connectivity index is 1.07. The number of nitrogens with zero attached hydrogens (tertiary/aromatic N) is 3. The van der Waals surface area contributed by atoms with Crippen LogP contribution in [-0.4, -0.2) is 57.7 Å². The van der Waals surface area contributed by atoms with Crippen LogP contribution in [0.2, 0.25) is 0 Å². The molecule has 0 radical (unpaired) electrons. The van der Waals surface area contributed by atoms with Crippen LogP contribution in [-0.2, 0) is 33.0 Å². The fourth-order valence-corrected chi connectivity index (χ4v) is 9.01. The van der Waals surface area contributed by atoms with Gasteiger partial charge >= 0.3 is 0 Å². The Morgan fingerprint density at radius 1 is 0.849 bits per heavy atom. The average Bonchev–Trinajstić information content (AvgIpc) is 3.70. The van der Waals surface area contributed by atoms with Gasteiger partial charge in [-0.05, 0) is 60.7 Å². The highest BCUT2D eigenvalue weighted by Gasteiger charge is 2.66. The smallest absolute Gasteiger partial charge is 0.264 e. The molecule has 0 bridgehead atoms. The van der Waals surface area contributed by atoms with Gasteiger partial charge in [-0.15, -0.1) is 0 Å². The normalized spacial score (nSPS) is 21.9. The highest BCUT2D eigenvalue weighted by molar-refractivity contribution is 6.27. The van der Waals surface area contributed by atoms with Crippen molar-refractivity contribution < 1.29 is 29.3 Å². The summed E-state index contributed by atoms with van der Waals surface area (Å²) in [5.74, 6) is -1.57. The molecular weight excluding hydrogens is 666 g/mol. The van der Waals surface area contributed by atoms with Crippen LogP contribution in [0.4, 0.5) is 17.1 Å². The quantitative estimate of drug-likeness (QED) is 0.167. The Labute approximate surface area is 309 Å². The molecule has 0 aromatic heterocycles. The van der Waals surface area contributed by atoms with Crippen LogP contribution in [0.1, 0.15) is 54.2 Å². The van der Waals surface area contributed by atoms with Gasteiger partial charge in [-0.2, -0.15) is 0 Å². The number of carbonyl (C=O) groups is 3. The summed E-state index contributed by atoms with van der Waals surface area (Å²) in [5, 5.41) is 23.4. The van der Waals surface area contributed by atoms with Crippen LogP contribution in [0.15, 0.2) is 115 Å². The van der Waals surface area contributed by atoms with E-state index in [1.807, 2.05) is 122 Å². The molecule has 3 aliphatic heterocycles. The maximum atomic E-state index is 14.9. The van der Waals surface area contributed by atoms with Gasteiger partial charge in [0, 0.05) is 41.6 Å². The lowest BCUT2D eigenvalue weighted by molar-refractivity contribution is -0.150. The van der Waals surface area contributed by atoms with E-state index in [1.165, 1.54) is 0 Å². The minimum Gasteiger partial charge on any atom is -0.395 e. The van der Waals surface area contributed by atoms with Crippen LogP contribution in [0.3, 0.4) is 0 Å². The SMILES string of the molecule is C[C@@H]1[C@@H](C(C)(C)O)[C@H](CC(=O)N(CCO)Cc2ccccc2)O[C@@]12C(=O)N(Cc1ccc(N3C(=O)c4cccc5cccc3c45)cc1)c1ccccc12. The molecule has 2 N–H and O–H groups in total. The van der Waals surface area contributed by atoms with E-state index in [-0.39, 0.29) is 43.8 Å². The molecule has 0 unspecified atom stereocenters. The van der Waals surface area contributed by atoms with E-state index in [9.17, 15) is 24.6 Å². The van der Waals surface area contributed by atoms with Crippen LogP contribution in [0.5, 0.6) is 0 Å². The molecular formula is C44H43N3O6. The van der Waals surface area contributed by atoms with Crippen molar-refractivity contribution in [3.05, 3.63) is 138 Å². The fraction of sp³-hybridized carbons (Fsp3) is 0.295. The molecule has 0 saturated carbocycles. The molecule has 53 heavy (non-hydrogen) atoms. The summed E-state index contributed by atoms with van der Waals surface area (Å²) in [5.41, 5.74) is 2.81. The lowest BCUT2D eigenvalue weighted by Crippen LogP contribution is -2.46. The van der Waals surface area contributed by atoms with Gasteiger partial charge in [-0.3, -0.25) is 19.3 Å². The molecule has 4 atom stereocenters. The Morgan fingerprint density at radius 2 is 1.53 bits per heavy atom. The first-order chi connectivity index (χ1) is 25.5. The molecule has 5 aromatic rings. The molecule has 3 aliphatic rings. The fourth-order valence-electron chi connectivity index (χ4n) is 9.01. The number of ether oxygens (including phenoxy) is 1. The van der Waals surface area contributed by atoms with Gasteiger partial charge in [0.2, 0.25) is 5.91 Å². The van der Waals surface area contributed by atoms with Gasteiger partial charge in [0.1, 0.15) is 0 Å². The maximum absolute atomic E-state index is 14.9. The molecule has 3 heterocycles. The number of amides is 3. The zero-order valence-corrected chi connectivity index (χ0v) is 30.1. The van der Waals surface area contributed by atoms with Crippen molar-refractivity contribution in [2.75, 3.05) is 23.0 Å². The number of aliphatic hydroxyl groups excluding tert-OH is 1. The van der Waals surface area contributed by atoms with E-state index in [4.69, 9.17) is 4.74 Å². The summed E-state index contributed by atoms with van der Waals surface area (Å²) in [6.07, 6.45) is -0.825. The van der Waals surface area contributed by atoms with E-state index in [1.54, 1.807) is 28.5 Å². The second kappa shape index (κ2) is 13.3. The van der Waals surface area contributed by atoms with E-state index in [0.717, 1.165) is 39.0 Å². The highest BCUT2D eigenvalue weighted by Crippen LogP contribution is 2.58. The monoisotopic (exact) mass is 709 g/mol. The number of aliphatic hydroxyl groups is 2. The molecule has 9 nitrogen and oxygen atoms in total. The van der Waals surface area contributed by atoms with Crippen molar-refractivity contribution in [2.45, 2.75) is 57.6 Å². The van der Waals surface area contributed by atoms with Crippen molar-refractivity contribution in [3.63, 3.8) is 0 Å². The summed E-state index contributed by atoms with van der Waals surface area (Å²) in [4.78, 5) is 47.4. The first-order valence-corrected chi connectivity index (χ1v) is 18.2. The number of rotatable bonds is 10. The highest BCUT2D eigenvalue weighted by atomic mass is 16.5. The molecule has 1 fully saturated rings. The van der Waals surface area contributed by atoms with Gasteiger partial charge in [-0.1, -0.05) is 91.9 Å². The standard InChI is InChI=1S/C44H43N3O6/c1-28-40(43(2,3)52)37(25-38(49)45(23-24-48)26-29-11-5-4-6-12-29)53-44(28)34-16-7-8-17-35(34)46(42(44)51)27-30-19-21-32(22-20-30)47-36-18-10-14-31-13-9-15-33(39(31)36)41(47)50/h4-22,28,37,40,48,52H,23-27H2,1-3H3/t28-,37+,40-,44+/m1/s1. The predicted octanol–water partition coefficient (Wildman–Crippen LogP) is 6.71. The molecule has 5 aromatic carbocycles.